The fourth-order valence-corrected chi connectivity index (χ4v) is 2.85. The minimum Gasteiger partial charge on any atom is -0.438 e. The second-order valence-electron chi connectivity index (χ2n) is 5.09. The van der Waals surface area contributed by atoms with E-state index in [1.165, 1.54) is 6.92 Å². The summed E-state index contributed by atoms with van der Waals surface area (Å²) in [5.74, 6) is -0.386. The first-order valence-corrected chi connectivity index (χ1v) is 7.84. The lowest BCUT2D eigenvalue weighted by Gasteiger charge is -2.12. The molecule has 1 aliphatic heterocycles. The summed E-state index contributed by atoms with van der Waals surface area (Å²) in [5.41, 5.74) is 3.09. The maximum Gasteiger partial charge on any atom is 0.304 e. The van der Waals surface area contributed by atoms with E-state index < -0.39 is 6.23 Å². The van der Waals surface area contributed by atoms with Crippen LogP contribution >= 0.6 is 23.2 Å². The number of carbonyl (C=O) groups is 1. The fourth-order valence-electron chi connectivity index (χ4n) is 2.45. The topological polar surface area (TPSA) is 50.7 Å². The van der Waals surface area contributed by atoms with E-state index in [0.717, 1.165) is 16.8 Å². The number of fused-ring (bicyclic) bond motifs is 1. The predicted octanol–water partition coefficient (Wildman–Crippen LogP) is 4.15. The lowest BCUT2D eigenvalue weighted by atomic mass is 10.0. The Morgan fingerprint density at radius 1 is 1.22 bits per heavy atom. The Morgan fingerprint density at radius 3 is 2.74 bits per heavy atom. The smallest absolute Gasteiger partial charge is 0.304 e. The van der Waals surface area contributed by atoms with E-state index >= 15 is 0 Å². The molecule has 0 fully saturated rings. The number of aliphatic imine (C=N–C) groups is 1. The molecule has 1 unspecified atom stereocenters. The van der Waals surface area contributed by atoms with Gasteiger partial charge < -0.3 is 10.1 Å². The van der Waals surface area contributed by atoms with Crippen LogP contribution in [0.2, 0.25) is 10.0 Å². The summed E-state index contributed by atoms with van der Waals surface area (Å²) in [6.45, 7) is 1.74. The third-order valence-corrected chi connectivity index (χ3v) is 3.97. The van der Waals surface area contributed by atoms with E-state index in [1.807, 2.05) is 30.3 Å². The van der Waals surface area contributed by atoms with Crippen molar-refractivity contribution in [2.75, 3.05) is 11.9 Å². The van der Waals surface area contributed by atoms with Crippen LogP contribution < -0.4 is 5.32 Å². The summed E-state index contributed by atoms with van der Waals surface area (Å²) in [4.78, 5) is 15.9. The summed E-state index contributed by atoms with van der Waals surface area (Å²) < 4.78 is 5.26. The van der Waals surface area contributed by atoms with Crippen molar-refractivity contribution in [2.45, 2.75) is 13.2 Å². The summed E-state index contributed by atoms with van der Waals surface area (Å²) in [6, 6.07) is 12.9. The molecule has 1 N–H and O–H groups in total. The molecule has 3 rings (SSSR count). The number of benzene rings is 2. The highest BCUT2D eigenvalue weighted by molar-refractivity contribution is 6.36. The highest BCUT2D eigenvalue weighted by atomic mass is 35.5. The van der Waals surface area contributed by atoms with Crippen LogP contribution in [0.3, 0.4) is 0 Å². The number of hydrogen-bond acceptors (Lipinski definition) is 4. The predicted molar refractivity (Wildman–Crippen MR) is 92.6 cm³/mol. The van der Waals surface area contributed by atoms with Crippen LogP contribution in [0.15, 0.2) is 47.5 Å². The largest absolute Gasteiger partial charge is 0.438 e. The zero-order chi connectivity index (χ0) is 16.4. The van der Waals surface area contributed by atoms with Crippen molar-refractivity contribution in [3.8, 4) is 0 Å². The molecule has 1 atom stereocenters. The van der Waals surface area contributed by atoms with Gasteiger partial charge in [-0.25, -0.2) is 4.99 Å². The van der Waals surface area contributed by atoms with Crippen molar-refractivity contribution in [1.82, 2.24) is 0 Å². The van der Waals surface area contributed by atoms with Crippen LogP contribution in [0.5, 0.6) is 0 Å². The van der Waals surface area contributed by atoms with Crippen molar-refractivity contribution < 1.29 is 9.53 Å². The maximum atomic E-state index is 11.3. The van der Waals surface area contributed by atoms with Crippen LogP contribution in [0.1, 0.15) is 18.1 Å². The number of nitrogens with one attached hydrogen (secondary N) is 1. The normalized spacial score (nSPS) is 16.7. The number of rotatable bonds is 2. The Balaban J connectivity index is 2.16. The molecule has 0 saturated heterocycles. The van der Waals surface area contributed by atoms with Crippen molar-refractivity contribution in [1.29, 1.82) is 0 Å². The second kappa shape index (κ2) is 6.60. The van der Waals surface area contributed by atoms with Crippen LogP contribution in [0, 0.1) is 0 Å². The number of hydrogen-bond donors (Lipinski definition) is 1. The van der Waals surface area contributed by atoms with Gasteiger partial charge in [-0.2, -0.15) is 0 Å². The molecular weight excluding hydrogens is 335 g/mol. The molecule has 0 amide bonds. The van der Waals surface area contributed by atoms with E-state index in [4.69, 9.17) is 27.9 Å². The van der Waals surface area contributed by atoms with Gasteiger partial charge in [0, 0.05) is 33.8 Å². The molecule has 0 aromatic heterocycles. The second-order valence-corrected chi connectivity index (χ2v) is 5.94. The van der Waals surface area contributed by atoms with E-state index in [9.17, 15) is 4.79 Å². The Morgan fingerprint density at radius 2 is 2.00 bits per heavy atom. The molecule has 0 bridgehead atoms. The fraction of sp³-hybridized carbons (Fsp3) is 0.176. The number of anilines is 1. The third-order valence-electron chi connectivity index (χ3n) is 3.41. The molecule has 0 spiro atoms. The number of benzodiazepines with no additional fused rings is 1. The lowest BCUT2D eigenvalue weighted by molar-refractivity contribution is -0.145. The highest BCUT2D eigenvalue weighted by Crippen LogP contribution is 2.29. The van der Waals surface area contributed by atoms with Gasteiger partial charge in [-0.1, -0.05) is 41.4 Å². The highest BCUT2D eigenvalue weighted by Gasteiger charge is 2.22. The van der Waals surface area contributed by atoms with Gasteiger partial charge in [0.05, 0.1) is 12.3 Å². The molecule has 0 saturated carbocycles. The number of ether oxygens (including phenoxy) is 1. The Hall–Kier alpha value is -2.04. The molecule has 23 heavy (non-hydrogen) atoms. The number of esters is 1. The van der Waals surface area contributed by atoms with E-state index in [-0.39, 0.29) is 5.97 Å². The minimum absolute atomic E-state index is 0.377. The van der Waals surface area contributed by atoms with Crippen LogP contribution in [0.25, 0.3) is 0 Å². The Kier molecular flexibility index (Phi) is 4.55. The molecule has 1 aliphatic rings. The molecule has 0 aliphatic carbocycles. The van der Waals surface area contributed by atoms with Gasteiger partial charge in [-0.3, -0.25) is 4.79 Å². The zero-order valence-corrected chi connectivity index (χ0v) is 13.9. The van der Waals surface area contributed by atoms with Gasteiger partial charge in [-0.05, 0) is 24.3 Å². The van der Waals surface area contributed by atoms with Gasteiger partial charge in [0.2, 0.25) is 6.23 Å². The monoisotopic (exact) mass is 348 g/mol. The third kappa shape index (κ3) is 3.49. The van der Waals surface area contributed by atoms with E-state index in [0.29, 0.717) is 22.3 Å². The van der Waals surface area contributed by atoms with E-state index in [2.05, 4.69) is 10.3 Å². The summed E-state index contributed by atoms with van der Waals surface area (Å²) >= 11 is 12.5. The average molecular weight is 349 g/mol. The van der Waals surface area contributed by atoms with Gasteiger partial charge >= 0.3 is 5.97 Å². The van der Waals surface area contributed by atoms with Gasteiger partial charge in [0.15, 0.2) is 0 Å². The van der Waals surface area contributed by atoms with Gasteiger partial charge in [0.25, 0.3) is 0 Å². The Bertz CT molecular complexity index is 790. The Labute approximate surface area is 144 Å². The first kappa shape index (κ1) is 15.8. The average Bonchev–Trinajstić information content (AvgIpc) is 2.67. The zero-order valence-electron chi connectivity index (χ0n) is 12.3. The van der Waals surface area contributed by atoms with Crippen LogP contribution in [-0.4, -0.2) is 24.5 Å². The van der Waals surface area contributed by atoms with Crippen molar-refractivity contribution >= 4 is 40.6 Å². The summed E-state index contributed by atoms with van der Waals surface area (Å²) in [6.07, 6.45) is -0.634. The lowest BCUT2D eigenvalue weighted by Crippen LogP contribution is -2.23. The molecule has 118 valence electrons. The van der Waals surface area contributed by atoms with Crippen molar-refractivity contribution in [3.05, 3.63) is 63.6 Å². The molecule has 2 aromatic rings. The molecular formula is C17H14Cl2N2O2. The van der Waals surface area contributed by atoms with Crippen LogP contribution in [-0.2, 0) is 9.53 Å². The van der Waals surface area contributed by atoms with Crippen molar-refractivity contribution in [2.24, 2.45) is 4.99 Å². The SMILES string of the molecule is CC(=O)OC1CNc2ccc(Cl)cc2C(c2ccccc2Cl)=N1. The van der Waals surface area contributed by atoms with Crippen molar-refractivity contribution in [3.63, 3.8) is 0 Å². The summed E-state index contributed by atoms with van der Waals surface area (Å²) in [5, 5.41) is 4.40. The number of halogens is 2. The number of carbonyl (C=O) groups excluding carboxylic acids is 1. The minimum atomic E-state index is -0.634. The molecule has 2 aromatic carbocycles. The maximum absolute atomic E-state index is 11.3. The van der Waals surface area contributed by atoms with E-state index in [1.54, 1.807) is 12.1 Å². The standard InChI is InChI=1S/C17H14Cl2N2O2/c1-10(22)23-16-9-20-15-7-6-11(18)8-13(15)17(21-16)12-4-2-3-5-14(12)19/h2-8,16,20H,9H2,1H3. The van der Waals surface area contributed by atoms with Gasteiger partial charge in [0.1, 0.15) is 0 Å². The molecule has 6 heteroatoms. The first-order valence-electron chi connectivity index (χ1n) is 7.08. The first-order chi connectivity index (χ1) is 11.0. The quantitative estimate of drug-likeness (QED) is 0.829. The molecule has 4 nitrogen and oxygen atoms in total. The number of nitrogens with zero attached hydrogens (tertiary/aromatic N) is 1. The summed E-state index contributed by atoms with van der Waals surface area (Å²) in [7, 11) is 0. The van der Waals surface area contributed by atoms with Gasteiger partial charge in [-0.15, -0.1) is 0 Å². The molecule has 0 radical (unpaired) electrons. The van der Waals surface area contributed by atoms with Crippen LogP contribution in [0.4, 0.5) is 5.69 Å². The molecule has 1 heterocycles.